The first-order valence-electron chi connectivity index (χ1n) is 11.0. The monoisotopic (exact) mass is 418 g/mol. The molecular weight excluding hydrogens is 384 g/mol. The zero-order valence-corrected chi connectivity index (χ0v) is 19.7. The Bertz CT molecular complexity index is 1190. The lowest BCUT2D eigenvalue weighted by Crippen LogP contribution is -1.99. The summed E-state index contributed by atoms with van der Waals surface area (Å²) in [5.41, 5.74) is 8.73. The average Bonchev–Trinajstić information content (AvgIpc) is 2.81. The van der Waals surface area contributed by atoms with Crippen molar-refractivity contribution in [3.8, 4) is 0 Å². The van der Waals surface area contributed by atoms with Gasteiger partial charge in [-0.25, -0.2) is 0 Å². The molecule has 0 amide bonds. The molecule has 0 heterocycles. The van der Waals surface area contributed by atoms with Crippen molar-refractivity contribution in [3.63, 3.8) is 0 Å². The molecule has 0 saturated carbocycles. The molecule has 2 aromatic rings. The molecule has 0 atom stereocenters. The number of hydrogen-bond acceptors (Lipinski definition) is 0. The minimum absolute atomic E-state index is 0.862. The molecular formula is C32H34. The molecule has 2 aromatic carbocycles. The minimum Gasteiger partial charge on any atom is -0.0991 e. The van der Waals surface area contributed by atoms with Gasteiger partial charge in [-0.05, 0) is 87.7 Å². The molecule has 0 aromatic heterocycles. The Hall–Kier alpha value is -3.64. The Morgan fingerprint density at radius 1 is 0.906 bits per heavy atom. The summed E-state index contributed by atoms with van der Waals surface area (Å²) in [5.74, 6) is 0. The number of fused-ring (bicyclic) bond motifs is 1. The first kappa shape index (κ1) is 24.6. The molecule has 0 N–H and O–H groups in total. The van der Waals surface area contributed by atoms with E-state index in [4.69, 9.17) is 0 Å². The predicted molar refractivity (Wildman–Crippen MR) is 147 cm³/mol. The maximum Gasteiger partial charge on any atom is -0.0106 e. The Balaban J connectivity index is 2.81. The molecule has 0 unspecified atom stereocenters. The third kappa shape index (κ3) is 5.34. The van der Waals surface area contributed by atoms with Gasteiger partial charge in [0.25, 0.3) is 0 Å². The van der Waals surface area contributed by atoms with Crippen molar-refractivity contribution in [2.24, 2.45) is 0 Å². The van der Waals surface area contributed by atoms with Crippen LogP contribution < -0.4 is 0 Å². The Morgan fingerprint density at radius 3 is 2.16 bits per heavy atom. The second kappa shape index (κ2) is 11.7. The van der Waals surface area contributed by atoms with Crippen molar-refractivity contribution in [3.05, 3.63) is 144 Å². The smallest absolute Gasteiger partial charge is 0.0106 e. The fourth-order valence-corrected chi connectivity index (χ4v) is 3.91. The molecule has 162 valence electrons. The highest BCUT2D eigenvalue weighted by atomic mass is 14.2. The summed E-state index contributed by atoms with van der Waals surface area (Å²) >= 11 is 0. The van der Waals surface area contributed by atoms with E-state index in [0.29, 0.717) is 0 Å². The summed E-state index contributed by atoms with van der Waals surface area (Å²) in [6, 6.07) is 8.57. The minimum atomic E-state index is 0.862. The number of hydrogen-bond donors (Lipinski definition) is 0. The largest absolute Gasteiger partial charge is 0.0991 e. The van der Waals surface area contributed by atoms with Gasteiger partial charge in [0.15, 0.2) is 0 Å². The standard InChI is InChI=1S/C32H34/c1-9-14-18-30-28(13-5)32(25(8)29-19-15-16-20-31(29)30)22-26(12-4)24(7)21-27(17-10-2)23(6)11-3/h9-12,14-22H,1,3-4,6-7,13H2,2,5,8H3/b17-10-,18-14-,26-22+,27-21+. The normalized spacial score (nSPS) is 12.5. The summed E-state index contributed by atoms with van der Waals surface area (Å²) in [6.45, 7) is 26.6. The van der Waals surface area contributed by atoms with E-state index in [1.807, 2.05) is 43.4 Å². The molecule has 0 bridgehead atoms. The van der Waals surface area contributed by atoms with Crippen LogP contribution in [0.4, 0.5) is 0 Å². The van der Waals surface area contributed by atoms with Crippen LogP contribution in [0, 0.1) is 6.92 Å². The molecule has 2 rings (SSSR count). The lowest BCUT2D eigenvalue weighted by molar-refractivity contribution is 1.12. The first-order valence-corrected chi connectivity index (χ1v) is 11.0. The highest BCUT2D eigenvalue weighted by molar-refractivity contribution is 5.97. The van der Waals surface area contributed by atoms with Crippen LogP contribution in [0.5, 0.6) is 0 Å². The van der Waals surface area contributed by atoms with E-state index in [1.54, 1.807) is 6.08 Å². The number of benzene rings is 2. The third-order valence-corrected chi connectivity index (χ3v) is 5.61. The fourth-order valence-electron chi connectivity index (χ4n) is 3.91. The van der Waals surface area contributed by atoms with Crippen LogP contribution in [0.25, 0.3) is 22.9 Å². The van der Waals surface area contributed by atoms with Crippen LogP contribution in [-0.2, 0) is 6.42 Å². The molecule has 0 aliphatic rings. The van der Waals surface area contributed by atoms with Crippen molar-refractivity contribution in [2.75, 3.05) is 0 Å². The molecule has 0 saturated heterocycles. The number of allylic oxidation sites excluding steroid dienone is 11. The fraction of sp³-hybridized carbons (Fsp3) is 0.125. The SMILES string of the molecule is C=C/C=C\c1c(CC)c(/C=C(\C=C)C(=C)/C=C(\C=C/C)C(=C)C=C)c(C)c2ccccc12. The Morgan fingerprint density at radius 2 is 1.59 bits per heavy atom. The molecule has 0 fully saturated rings. The Labute approximate surface area is 194 Å². The summed E-state index contributed by atoms with van der Waals surface area (Å²) in [5, 5.41) is 2.51. The van der Waals surface area contributed by atoms with E-state index in [1.165, 1.54) is 33.0 Å². The van der Waals surface area contributed by atoms with Crippen LogP contribution >= 0.6 is 0 Å². The van der Waals surface area contributed by atoms with Gasteiger partial charge in [0.2, 0.25) is 0 Å². The van der Waals surface area contributed by atoms with Crippen LogP contribution in [0.1, 0.15) is 36.1 Å². The van der Waals surface area contributed by atoms with Crippen molar-refractivity contribution >= 4 is 22.9 Å². The zero-order valence-electron chi connectivity index (χ0n) is 19.7. The molecule has 0 nitrogen and oxygen atoms in total. The maximum absolute atomic E-state index is 4.33. The summed E-state index contributed by atoms with van der Waals surface area (Å²) in [6.07, 6.45) is 18.8. The van der Waals surface area contributed by atoms with Gasteiger partial charge in [0.1, 0.15) is 0 Å². The van der Waals surface area contributed by atoms with E-state index >= 15 is 0 Å². The van der Waals surface area contributed by atoms with E-state index in [2.05, 4.69) is 83.2 Å². The average molecular weight is 419 g/mol. The summed E-state index contributed by atoms with van der Waals surface area (Å²) < 4.78 is 0. The highest BCUT2D eigenvalue weighted by Gasteiger charge is 2.14. The summed E-state index contributed by atoms with van der Waals surface area (Å²) in [7, 11) is 0. The van der Waals surface area contributed by atoms with Gasteiger partial charge >= 0.3 is 0 Å². The van der Waals surface area contributed by atoms with Crippen molar-refractivity contribution < 1.29 is 0 Å². The van der Waals surface area contributed by atoms with E-state index in [-0.39, 0.29) is 0 Å². The lowest BCUT2D eigenvalue weighted by Gasteiger charge is -2.18. The number of aryl methyl sites for hydroxylation is 1. The van der Waals surface area contributed by atoms with E-state index < -0.39 is 0 Å². The van der Waals surface area contributed by atoms with Gasteiger partial charge in [-0.2, -0.15) is 0 Å². The molecule has 0 heteroatoms. The first-order chi connectivity index (χ1) is 15.4. The van der Waals surface area contributed by atoms with Crippen molar-refractivity contribution in [1.82, 2.24) is 0 Å². The predicted octanol–water partition coefficient (Wildman–Crippen LogP) is 9.28. The summed E-state index contributed by atoms with van der Waals surface area (Å²) in [4.78, 5) is 0. The van der Waals surface area contributed by atoms with Gasteiger partial charge in [-0.1, -0.05) is 107 Å². The van der Waals surface area contributed by atoms with Crippen LogP contribution in [0.15, 0.2) is 122 Å². The van der Waals surface area contributed by atoms with Gasteiger partial charge < -0.3 is 0 Å². The highest BCUT2D eigenvalue weighted by Crippen LogP contribution is 2.34. The molecule has 0 aliphatic carbocycles. The Kier molecular flexibility index (Phi) is 8.98. The molecule has 0 radical (unpaired) electrons. The van der Waals surface area contributed by atoms with Gasteiger partial charge in [-0.3, -0.25) is 0 Å². The second-order valence-electron chi connectivity index (χ2n) is 7.58. The second-order valence-corrected chi connectivity index (χ2v) is 7.58. The molecule has 0 spiro atoms. The molecule has 0 aliphatic heterocycles. The van der Waals surface area contributed by atoms with Crippen LogP contribution in [0.3, 0.4) is 0 Å². The van der Waals surface area contributed by atoms with Gasteiger partial charge in [0, 0.05) is 0 Å². The van der Waals surface area contributed by atoms with Crippen LogP contribution in [-0.4, -0.2) is 0 Å². The maximum atomic E-state index is 4.33. The topological polar surface area (TPSA) is 0 Å². The van der Waals surface area contributed by atoms with E-state index in [0.717, 1.165) is 28.7 Å². The molecule has 32 heavy (non-hydrogen) atoms. The van der Waals surface area contributed by atoms with Gasteiger partial charge in [0.05, 0.1) is 0 Å². The lowest BCUT2D eigenvalue weighted by atomic mass is 9.86. The van der Waals surface area contributed by atoms with E-state index in [9.17, 15) is 0 Å². The van der Waals surface area contributed by atoms with Crippen molar-refractivity contribution in [1.29, 1.82) is 0 Å². The quantitative estimate of drug-likeness (QED) is 0.337. The number of rotatable bonds is 10. The van der Waals surface area contributed by atoms with Crippen LogP contribution in [0.2, 0.25) is 0 Å². The third-order valence-electron chi connectivity index (χ3n) is 5.61. The van der Waals surface area contributed by atoms with Crippen molar-refractivity contribution in [2.45, 2.75) is 27.2 Å². The van der Waals surface area contributed by atoms with Gasteiger partial charge in [-0.15, -0.1) is 0 Å². The zero-order chi connectivity index (χ0) is 23.7.